The number of sulfonamides is 1. The van der Waals surface area contributed by atoms with E-state index in [-0.39, 0.29) is 11.4 Å². The first-order valence-corrected chi connectivity index (χ1v) is 13.8. The van der Waals surface area contributed by atoms with Gasteiger partial charge in [0.25, 0.3) is 5.91 Å². The lowest BCUT2D eigenvalue weighted by Gasteiger charge is -2.20. The Bertz CT molecular complexity index is 1740. The van der Waals surface area contributed by atoms with Gasteiger partial charge in [-0.1, -0.05) is 78.9 Å². The van der Waals surface area contributed by atoms with Gasteiger partial charge in [0.15, 0.2) is 4.80 Å². The van der Waals surface area contributed by atoms with Crippen molar-refractivity contribution in [1.82, 2.24) is 8.87 Å². The SMILES string of the molecule is CCN(Cc1ccccc1)S(=O)(=O)c1ccc(C(=O)N=c2sc3ccc4ccccc4c3n2C)cc1. The molecular weight excluding hydrogens is 490 g/mol. The van der Waals surface area contributed by atoms with Gasteiger partial charge in [-0.15, -0.1) is 0 Å². The van der Waals surface area contributed by atoms with Gasteiger partial charge in [-0.05, 0) is 41.3 Å². The lowest BCUT2D eigenvalue weighted by atomic mass is 10.1. The molecule has 36 heavy (non-hydrogen) atoms. The summed E-state index contributed by atoms with van der Waals surface area (Å²) in [5.41, 5.74) is 2.28. The third kappa shape index (κ3) is 4.51. The smallest absolute Gasteiger partial charge is 0.279 e. The summed E-state index contributed by atoms with van der Waals surface area (Å²) in [6.07, 6.45) is 0. The van der Waals surface area contributed by atoms with Crippen molar-refractivity contribution in [3.8, 4) is 0 Å². The highest BCUT2D eigenvalue weighted by molar-refractivity contribution is 7.89. The van der Waals surface area contributed by atoms with Crippen LogP contribution in [0.4, 0.5) is 0 Å². The van der Waals surface area contributed by atoms with E-state index in [1.807, 2.05) is 67.1 Å². The number of nitrogens with zero attached hydrogens (tertiary/aromatic N) is 3. The second-order valence-electron chi connectivity index (χ2n) is 8.44. The van der Waals surface area contributed by atoms with Gasteiger partial charge in [0.05, 0.1) is 15.1 Å². The Labute approximate surface area is 213 Å². The van der Waals surface area contributed by atoms with Crippen molar-refractivity contribution in [1.29, 1.82) is 0 Å². The van der Waals surface area contributed by atoms with Crippen LogP contribution in [0.5, 0.6) is 0 Å². The Morgan fingerprint density at radius 1 is 0.917 bits per heavy atom. The lowest BCUT2D eigenvalue weighted by molar-refractivity contribution is 0.0998. The van der Waals surface area contributed by atoms with Crippen LogP contribution < -0.4 is 4.80 Å². The van der Waals surface area contributed by atoms with E-state index in [4.69, 9.17) is 0 Å². The summed E-state index contributed by atoms with van der Waals surface area (Å²) in [5, 5.41) is 2.23. The molecule has 0 atom stereocenters. The molecule has 8 heteroatoms. The number of benzene rings is 4. The molecule has 182 valence electrons. The fraction of sp³-hybridized carbons (Fsp3) is 0.143. The number of hydrogen-bond donors (Lipinski definition) is 0. The first kappa shape index (κ1) is 24.1. The maximum absolute atomic E-state index is 13.2. The van der Waals surface area contributed by atoms with Crippen molar-refractivity contribution in [3.63, 3.8) is 0 Å². The number of fused-ring (bicyclic) bond motifs is 3. The molecule has 5 rings (SSSR count). The van der Waals surface area contributed by atoms with Crippen LogP contribution in [0.2, 0.25) is 0 Å². The van der Waals surface area contributed by atoms with Gasteiger partial charge in [0.2, 0.25) is 10.0 Å². The molecule has 1 heterocycles. The molecule has 0 aliphatic carbocycles. The van der Waals surface area contributed by atoms with Crippen molar-refractivity contribution in [2.24, 2.45) is 12.0 Å². The number of rotatable bonds is 6. The number of aromatic nitrogens is 1. The molecule has 1 aromatic heterocycles. The van der Waals surface area contributed by atoms with Gasteiger partial charge in [0.1, 0.15) is 0 Å². The van der Waals surface area contributed by atoms with Gasteiger partial charge in [0, 0.05) is 31.1 Å². The largest absolute Gasteiger partial charge is 0.319 e. The Kier molecular flexibility index (Phi) is 6.57. The number of amides is 1. The predicted octanol–water partition coefficient (Wildman–Crippen LogP) is 5.34. The zero-order chi connectivity index (χ0) is 25.3. The van der Waals surface area contributed by atoms with Crippen LogP contribution in [0.1, 0.15) is 22.8 Å². The normalized spacial score (nSPS) is 12.6. The average molecular weight is 516 g/mol. The molecule has 0 aliphatic heterocycles. The van der Waals surface area contributed by atoms with Gasteiger partial charge in [-0.3, -0.25) is 4.79 Å². The van der Waals surface area contributed by atoms with Gasteiger partial charge in [-0.25, -0.2) is 8.42 Å². The van der Waals surface area contributed by atoms with Crippen LogP contribution in [0.25, 0.3) is 21.0 Å². The molecule has 4 aromatic carbocycles. The molecule has 0 bridgehead atoms. The molecule has 0 aliphatic rings. The second-order valence-corrected chi connectivity index (χ2v) is 11.4. The molecule has 0 spiro atoms. The Morgan fingerprint density at radius 2 is 1.61 bits per heavy atom. The highest BCUT2D eigenvalue weighted by atomic mass is 32.2. The van der Waals surface area contributed by atoms with Gasteiger partial charge in [-0.2, -0.15) is 9.30 Å². The molecule has 0 N–H and O–H groups in total. The Balaban J connectivity index is 1.44. The maximum Gasteiger partial charge on any atom is 0.279 e. The monoisotopic (exact) mass is 515 g/mol. The summed E-state index contributed by atoms with van der Waals surface area (Å²) in [6.45, 7) is 2.43. The average Bonchev–Trinajstić information content (AvgIpc) is 3.23. The number of hydrogen-bond acceptors (Lipinski definition) is 4. The molecule has 6 nitrogen and oxygen atoms in total. The lowest BCUT2D eigenvalue weighted by Crippen LogP contribution is -2.30. The van der Waals surface area contributed by atoms with E-state index in [2.05, 4.69) is 23.2 Å². The van der Waals surface area contributed by atoms with E-state index < -0.39 is 15.9 Å². The number of thiazole rings is 1. The summed E-state index contributed by atoms with van der Waals surface area (Å²) in [7, 11) is -1.80. The van der Waals surface area contributed by atoms with E-state index >= 15 is 0 Å². The molecule has 0 radical (unpaired) electrons. The fourth-order valence-corrected chi connectivity index (χ4v) is 6.72. The minimum atomic E-state index is -3.71. The first-order chi connectivity index (χ1) is 17.4. The third-order valence-corrected chi connectivity index (χ3v) is 9.21. The van der Waals surface area contributed by atoms with E-state index in [1.165, 1.54) is 39.9 Å². The van der Waals surface area contributed by atoms with Gasteiger partial charge >= 0.3 is 0 Å². The van der Waals surface area contributed by atoms with Crippen molar-refractivity contribution in [2.45, 2.75) is 18.4 Å². The topological polar surface area (TPSA) is 71.7 Å². The minimum absolute atomic E-state index is 0.149. The number of carbonyl (C=O) groups excluding carboxylic acids is 1. The van der Waals surface area contributed by atoms with E-state index in [1.54, 1.807) is 0 Å². The molecule has 5 aromatic rings. The van der Waals surface area contributed by atoms with Crippen LogP contribution in [-0.4, -0.2) is 29.7 Å². The Hall–Kier alpha value is -3.59. The van der Waals surface area contributed by atoms with Crippen LogP contribution >= 0.6 is 11.3 Å². The molecule has 1 amide bonds. The molecule has 0 fully saturated rings. The highest BCUT2D eigenvalue weighted by Crippen LogP contribution is 2.26. The van der Waals surface area contributed by atoms with Crippen LogP contribution in [-0.2, 0) is 23.6 Å². The summed E-state index contributed by atoms with van der Waals surface area (Å²) in [6, 6.07) is 27.7. The zero-order valence-electron chi connectivity index (χ0n) is 20.0. The van der Waals surface area contributed by atoms with Crippen molar-refractivity contribution in [3.05, 3.63) is 107 Å². The highest BCUT2D eigenvalue weighted by Gasteiger charge is 2.23. The molecule has 0 unspecified atom stereocenters. The predicted molar refractivity (Wildman–Crippen MR) is 144 cm³/mol. The second kappa shape index (κ2) is 9.81. The molecule has 0 saturated heterocycles. The van der Waals surface area contributed by atoms with E-state index in [0.29, 0.717) is 16.9 Å². The van der Waals surface area contributed by atoms with Crippen LogP contribution in [0.3, 0.4) is 0 Å². The Morgan fingerprint density at radius 3 is 2.33 bits per heavy atom. The summed E-state index contributed by atoms with van der Waals surface area (Å²) in [5.74, 6) is -0.415. The number of aryl methyl sites for hydroxylation is 1. The fourth-order valence-electron chi connectivity index (χ4n) is 4.25. The zero-order valence-corrected chi connectivity index (χ0v) is 21.6. The quantitative estimate of drug-likeness (QED) is 0.306. The first-order valence-electron chi connectivity index (χ1n) is 11.6. The van der Waals surface area contributed by atoms with Crippen LogP contribution in [0.15, 0.2) is 101 Å². The van der Waals surface area contributed by atoms with E-state index in [9.17, 15) is 13.2 Å². The molecular formula is C28H25N3O3S2. The van der Waals surface area contributed by atoms with Crippen molar-refractivity contribution >= 4 is 48.3 Å². The summed E-state index contributed by atoms with van der Waals surface area (Å²) < 4.78 is 30.8. The summed E-state index contributed by atoms with van der Waals surface area (Å²) >= 11 is 1.45. The van der Waals surface area contributed by atoms with Gasteiger partial charge < -0.3 is 4.57 Å². The van der Waals surface area contributed by atoms with Crippen LogP contribution in [0, 0.1) is 0 Å². The number of carbonyl (C=O) groups is 1. The van der Waals surface area contributed by atoms with E-state index in [0.717, 1.165) is 26.6 Å². The molecule has 0 saturated carbocycles. The minimum Gasteiger partial charge on any atom is -0.319 e. The van der Waals surface area contributed by atoms with Crippen molar-refractivity contribution in [2.75, 3.05) is 6.54 Å². The van der Waals surface area contributed by atoms with Crippen molar-refractivity contribution < 1.29 is 13.2 Å². The standard InChI is InChI=1S/C28H25N3O3S2/c1-3-31(19-20-9-5-4-6-10-20)36(33,34)23-16-13-22(14-17-23)27(32)29-28-30(2)26-24-12-8-7-11-21(24)15-18-25(26)35-28/h4-18H,3,19H2,1-2H3. The third-order valence-electron chi connectivity index (χ3n) is 6.18. The maximum atomic E-state index is 13.2. The summed E-state index contributed by atoms with van der Waals surface area (Å²) in [4.78, 5) is 18.1.